The normalized spacial score (nSPS) is 17.2. The Labute approximate surface area is 203 Å². The lowest BCUT2D eigenvalue weighted by Gasteiger charge is -2.26. The Morgan fingerprint density at radius 3 is 2.40 bits per heavy atom. The molecule has 1 aliphatic heterocycles. The smallest absolute Gasteiger partial charge is 0.300 e. The Hall–Kier alpha value is -4.13. The molecule has 0 aromatic heterocycles. The average molecular weight is 476 g/mol. The fourth-order valence-corrected chi connectivity index (χ4v) is 4.25. The van der Waals surface area contributed by atoms with Crippen molar-refractivity contribution in [3.05, 3.63) is 94.8 Å². The van der Waals surface area contributed by atoms with Gasteiger partial charge in [0.15, 0.2) is 0 Å². The van der Waals surface area contributed by atoms with Crippen molar-refractivity contribution in [1.82, 2.24) is 0 Å². The molecule has 1 atom stereocenters. The Balaban J connectivity index is 1.93. The number of ether oxygens (including phenoxy) is 2. The van der Waals surface area contributed by atoms with Crippen LogP contribution in [0, 0.1) is 12.7 Å². The zero-order valence-electron chi connectivity index (χ0n) is 19.9. The van der Waals surface area contributed by atoms with E-state index in [-0.39, 0.29) is 23.1 Å². The predicted octanol–water partition coefficient (Wildman–Crippen LogP) is 5.56. The molecule has 1 unspecified atom stereocenters. The number of anilines is 1. The summed E-state index contributed by atoms with van der Waals surface area (Å²) in [6, 6.07) is 16.3. The second-order valence-corrected chi connectivity index (χ2v) is 8.54. The number of carbonyl (C=O) groups is 2. The van der Waals surface area contributed by atoms with Crippen LogP contribution in [0.2, 0.25) is 0 Å². The van der Waals surface area contributed by atoms with Crippen molar-refractivity contribution in [3.8, 4) is 11.5 Å². The molecule has 6 nitrogen and oxygen atoms in total. The van der Waals surface area contributed by atoms with Gasteiger partial charge in [-0.15, -0.1) is 0 Å². The van der Waals surface area contributed by atoms with E-state index in [0.717, 1.165) is 5.56 Å². The highest BCUT2D eigenvalue weighted by Crippen LogP contribution is 2.45. The Morgan fingerprint density at radius 2 is 1.74 bits per heavy atom. The SMILES string of the molecule is COc1ccccc1C1/C(=C(\O)c2ccc(OC(C)C)c(C)c2)C(=O)C(=O)N1c1cccc(F)c1. The van der Waals surface area contributed by atoms with Crippen LogP contribution in [0.25, 0.3) is 5.76 Å². The number of methoxy groups -OCH3 is 1. The van der Waals surface area contributed by atoms with Crippen molar-refractivity contribution in [1.29, 1.82) is 0 Å². The van der Waals surface area contributed by atoms with Gasteiger partial charge in [0.05, 0.1) is 24.8 Å². The molecule has 3 aromatic rings. The summed E-state index contributed by atoms with van der Waals surface area (Å²) in [6.07, 6.45) is -0.0321. The highest BCUT2D eigenvalue weighted by atomic mass is 19.1. The van der Waals surface area contributed by atoms with E-state index < -0.39 is 23.5 Å². The van der Waals surface area contributed by atoms with Gasteiger partial charge in [-0.25, -0.2) is 4.39 Å². The van der Waals surface area contributed by atoms with Crippen LogP contribution >= 0.6 is 0 Å². The van der Waals surface area contributed by atoms with Crippen LogP contribution in [0.15, 0.2) is 72.3 Å². The van der Waals surface area contributed by atoms with Crippen LogP contribution in [-0.2, 0) is 9.59 Å². The first-order valence-electron chi connectivity index (χ1n) is 11.2. The Bertz CT molecular complexity index is 1330. The van der Waals surface area contributed by atoms with Crippen LogP contribution in [-0.4, -0.2) is 30.0 Å². The summed E-state index contributed by atoms with van der Waals surface area (Å²) < 4.78 is 25.4. The third-order valence-electron chi connectivity index (χ3n) is 5.78. The lowest BCUT2D eigenvalue weighted by molar-refractivity contribution is -0.132. The molecule has 0 saturated carbocycles. The maximum Gasteiger partial charge on any atom is 0.300 e. The lowest BCUT2D eigenvalue weighted by Crippen LogP contribution is -2.29. The molecule has 4 rings (SSSR count). The number of benzene rings is 3. The summed E-state index contributed by atoms with van der Waals surface area (Å²) in [4.78, 5) is 27.7. The number of aliphatic hydroxyl groups is 1. The monoisotopic (exact) mass is 475 g/mol. The fourth-order valence-electron chi connectivity index (χ4n) is 4.25. The molecule has 35 heavy (non-hydrogen) atoms. The van der Waals surface area contributed by atoms with E-state index in [9.17, 15) is 19.1 Å². The van der Waals surface area contributed by atoms with Gasteiger partial charge >= 0.3 is 0 Å². The number of aryl methyl sites for hydroxylation is 1. The second-order valence-electron chi connectivity index (χ2n) is 8.54. The van der Waals surface area contributed by atoms with Crippen LogP contribution < -0.4 is 14.4 Å². The number of rotatable bonds is 6. The average Bonchev–Trinajstić information content (AvgIpc) is 3.09. The van der Waals surface area contributed by atoms with Crippen molar-refractivity contribution < 1.29 is 28.6 Å². The molecule has 3 aromatic carbocycles. The number of Topliss-reactive ketones (excluding diaryl/α,β-unsaturated/α-hetero) is 1. The van der Waals surface area contributed by atoms with E-state index in [4.69, 9.17) is 9.47 Å². The van der Waals surface area contributed by atoms with Crippen molar-refractivity contribution >= 4 is 23.1 Å². The summed E-state index contributed by atoms with van der Waals surface area (Å²) in [5.74, 6) is -1.56. The van der Waals surface area contributed by atoms with Gasteiger partial charge < -0.3 is 14.6 Å². The summed E-state index contributed by atoms with van der Waals surface area (Å²) in [5, 5.41) is 11.3. The molecule has 180 valence electrons. The summed E-state index contributed by atoms with van der Waals surface area (Å²) in [7, 11) is 1.48. The molecule has 0 bridgehead atoms. The van der Waals surface area contributed by atoms with E-state index in [1.807, 2.05) is 20.8 Å². The molecule has 1 saturated heterocycles. The quantitative estimate of drug-likeness (QED) is 0.287. The number of halogens is 1. The maximum atomic E-state index is 14.1. The number of hydrogen-bond acceptors (Lipinski definition) is 5. The molecule has 1 heterocycles. The standard InChI is InChI=1S/C28H26FNO5/c1-16(2)35-22-13-12-18(14-17(22)3)26(31)24-25(21-10-5-6-11-23(21)34-4)30(28(33)27(24)32)20-9-7-8-19(29)15-20/h5-16,25,31H,1-4H3/b26-24+. The molecule has 0 spiro atoms. The number of carbonyl (C=O) groups excluding carboxylic acids is 2. The number of aliphatic hydroxyl groups excluding tert-OH is 1. The van der Waals surface area contributed by atoms with Gasteiger partial charge in [0.2, 0.25) is 0 Å². The number of amides is 1. The molecule has 1 fully saturated rings. The topological polar surface area (TPSA) is 76.1 Å². The number of ketones is 1. The molecule has 1 N–H and O–H groups in total. The summed E-state index contributed by atoms with van der Waals surface area (Å²) in [6.45, 7) is 5.65. The van der Waals surface area contributed by atoms with E-state index in [1.165, 1.54) is 30.2 Å². The molecule has 0 aliphatic carbocycles. The Morgan fingerprint density at radius 1 is 1.00 bits per heavy atom. The van der Waals surface area contributed by atoms with Crippen LogP contribution in [0.5, 0.6) is 11.5 Å². The highest BCUT2D eigenvalue weighted by molar-refractivity contribution is 6.51. The van der Waals surface area contributed by atoms with Gasteiger partial charge in [-0.05, 0) is 68.8 Å². The van der Waals surface area contributed by atoms with E-state index in [0.29, 0.717) is 22.6 Å². The van der Waals surface area contributed by atoms with Crippen molar-refractivity contribution in [2.45, 2.75) is 32.9 Å². The summed E-state index contributed by atoms with van der Waals surface area (Å²) >= 11 is 0. The highest BCUT2D eigenvalue weighted by Gasteiger charge is 2.48. The van der Waals surface area contributed by atoms with Gasteiger partial charge in [-0.3, -0.25) is 14.5 Å². The van der Waals surface area contributed by atoms with Gasteiger partial charge in [-0.2, -0.15) is 0 Å². The minimum absolute atomic E-state index is 0.0321. The first-order chi connectivity index (χ1) is 16.7. The van der Waals surface area contributed by atoms with Gasteiger partial charge in [0.25, 0.3) is 11.7 Å². The molecule has 0 radical (unpaired) electrons. The second kappa shape index (κ2) is 9.62. The van der Waals surface area contributed by atoms with Crippen molar-refractivity contribution in [3.63, 3.8) is 0 Å². The van der Waals surface area contributed by atoms with E-state index in [1.54, 1.807) is 48.5 Å². The first kappa shape index (κ1) is 24.0. The molecular formula is C28H26FNO5. The van der Waals surface area contributed by atoms with Gasteiger partial charge in [-0.1, -0.05) is 24.3 Å². The maximum absolute atomic E-state index is 14.1. The number of para-hydroxylation sites is 1. The van der Waals surface area contributed by atoms with Crippen molar-refractivity contribution in [2.75, 3.05) is 12.0 Å². The minimum Gasteiger partial charge on any atom is -0.507 e. The molecular weight excluding hydrogens is 449 g/mol. The van der Waals surface area contributed by atoms with Crippen LogP contribution in [0.1, 0.15) is 36.6 Å². The van der Waals surface area contributed by atoms with E-state index in [2.05, 4.69) is 0 Å². The van der Waals surface area contributed by atoms with Gasteiger partial charge in [0, 0.05) is 16.8 Å². The van der Waals surface area contributed by atoms with Gasteiger partial charge in [0.1, 0.15) is 23.1 Å². The predicted molar refractivity (Wildman–Crippen MR) is 131 cm³/mol. The molecule has 1 amide bonds. The first-order valence-corrected chi connectivity index (χ1v) is 11.2. The zero-order chi connectivity index (χ0) is 25.3. The largest absolute Gasteiger partial charge is 0.507 e. The lowest BCUT2D eigenvalue weighted by atomic mass is 9.94. The Kier molecular flexibility index (Phi) is 6.60. The third-order valence-corrected chi connectivity index (χ3v) is 5.78. The molecule has 1 aliphatic rings. The summed E-state index contributed by atoms with van der Waals surface area (Å²) in [5.41, 5.74) is 1.68. The minimum atomic E-state index is -1.03. The van der Waals surface area contributed by atoms with Crippen LogP contribution in [0.4, 0.5) is 10.1 Å². The van der Waals surface area contributed by atoms with Crippen LogP contribution in [0.3, 0.4) is 0 Å². The van der Waals surface area contributed by atoms with E-state index >= 15 is 0 Å². The fraction of sp³-hybridized carbons (Fsp3) is 0.214. The zero-order valence-corrected chi connectivity index (χ0v) is 19.9. The number of hydrogen-bond donors (Lipinski definition) is 1. The number of nitrogens with zero attached hydrogens (tertiary/aromatic N) is 1. The van der Waals surface area contributed by atoms with Crippen molar-refractivity contribution in [2.24, 2.45) is 0 Å². The third kappa shape index (κ3) is 4.49. The molecule has 7 heteroatoms.